The molecule has 0 unspecified atom stereocenters. The molecule has 0 aliphatic carbocycles. The van der Waals surface area contributed by atoms with E-state index >= 15 is 0 Å². The van der Waals surface area contributed by atoms with Crippen molar-refractivity contribution in [2.24, 2.45) is 5.92 Å². The van der Waals surface area contributed by atoms with E-state index in [1.807, 2.05) is 13.8 Å². The van der Waals surface area contributed by atoms with Crippen molar-refractivity contribution in [1.29, 1.82) is 0 Å². The van der Waals surface area contributed by atoms with Gasteiger partial charge >= 0.3 is 5.97 Å². The zero-order valence-electron chi connectivity index (χ0n) is 9.41. The summed E-state index contributed by atoms with van der Waals surface area (Å²) in [4.78, 5) is 11.4. The van der Waals surface area contributed by atoms with Crippen molar-refractivity contribution >= 4 is 5.97 Å². The van der Waals surface area contributed by atoms with Crippen LogP contribution in [0.4, 0.5) is 0 Å². The molecule has 0 rings (SSSR count). The standard InChI is InChI=1S/C10H20O4/c1-5-12-9(11)8(4)10(13-6-2)14-7-3/h8,10H,5-7H2,1-4H3/t8-/m0/s1. The highest BCUT2D eigenvalue weighted by Crippen LogP contribution is 2.11. The molecular formula is C10H20O4. The second kappa shape index (κ2) is 7.76. The molecule has 0 amide bonds. The third-order valence-corrected chi connectivity index (χ3v) is 1.73. The van der Waals surface area contributed by atoms with Crippen molar-refractivity contribution in [1.82, 2.24) is 0 Å². The topological polar surface area (TPSA) is 44.8 Å². The summed E-state index contributed by atoms with van der Waals surface area (Å²) in [7, 11) is 0. The Morgan fingerprint density at radius 1 is 1.07 bits per heavy atom. The lowest BCUT2D eigenvalue weighted by molar-refractivity contribution is -0.186. The van der Waals surface area contributed by atoms with Crippen LogP contribution in [0.5, 0.6) is 0 Å². The zero-order valence-corrected chi connectivity index (χ0v) is 9.41. The molecular weight excluding hydrogens is 184 g/mol. The van der Waals surface area contributed by atoms with Crippen LogP contribution in [0, 0.1) is 5.92 Å². The lowest BCUT2D eigenvalue weighted by atomic mass is 10.2. The minimum Gasteiger partial charge on any atom is -0.466 e. The van der Waals surface area contributed by atoms with E-state index < -0.39 is 6.29 Å². The highest BCUT2D eigenvalue weighted by molar-refractivity contribution is 5.72. The fourth-order valence-electron chi connectivity index (χ4n) is 1.05. The molecule has 0 fully saturated rings. The van der Waals surface area contributed by atoms with Gasteiger partial charge in [0.1, 0.15) is 5.92 Å². The van der Waals surface area contributed by atoms with E-state index in [0.717, 1.165) is 0 Å². The van der Waals surface area contributed by atoms with Crippen LogP contribution >= 0.6 is 0 Å². The molecule has 0 aromatic rings. The fourth-order valence-corrected chi connectivity index (χ4v) is 1.05. The summed E-state index contributed by atoms with van der Waals surface area (Å²) >= 11 is 0. The largest absolute Gasteiger partial charge is 0.466 e. The van der Waals surface area contributed by atoms with E-state index in [-0.39, 0.29) is 11.9 Å². The van der Waals surface area contributed by atoms with Crippen molar-refractivity contribution in [3.8, 4) is 0 Å². The molecule has 1 atom stereocenters. The van der Waals surface area contributed by atoms with Crippen molar-refractivity contribution in [2.45, 2.75) is 34.0 Å². The van der Waals surface area contributed by atoms with Crippen LogP contribution in [-0.4, -0.2) is 32.1 Å². The van der Waals surface area contributed by atoms with E-state index in [1.165, 1.54) is 0 Å². The molecule has 0 radical (unpaired) electrons. The molecule has 14 heavy (non-hydrogen) atoms. The molecule has 84 valence electrons. The zero-order chi connectivity index (χ0) is 11.0. The molecule has 4 nitrogen and oxygen atoms in total. The monoisotopic (exact) mass is 204 g/mol. The number of carbonyl (C=O) groups excluding carboxylic acids is 1. The molecule has 0 aromatic carbocycles. The molecule has 0 aromatic heterocycles. The quantitative estimate of drug-likeness (QED) is 0.466. The number of hydrogen-bond donors (Lipinski definition) is 0. The van der Waals surface area contributed by atoms with Gasteiger partial charge in [0.05, 0.1) is 6.61 Å². The first-order valence-corrected chi connectivity index (χ1v) is 5.07. The van der Waals surface area contributed by atoms with Crippen molar-refractivity contribution in [2.75, 3.05) is 19.8 Å². The lowest BCUT2D eigenvalue weighted by Crippen LogP contribution is -2.32. The maximum absolute atomic E-state index is 11.4. The summed E-state index contributed by atoms with van der Waals surface area (Å²) in [6, 6.07) is 0. The number of hydrogen-bond acceptors (Lipinski definition) is 4. The Morgan fingerprint density at radius 2 is 1.57 bits per heavy atom. The van der Waals surface area contributed by atoms with E-state index in [0.29, 0.717) is 19.8 Å². The van der Waals surface area contributed by atoms with Gasteiger partial charge < -0.3 is 14.2 Å². The number of carbonyl (C=O) groups is 1. The molecule has 0 N–H and O–H groups in total. The Kier molecular flexibility index (Phi) is 7.42. The van der Waals surface area contributed by atoms with Gasteiger partial charge in [-0.25, -0.2) is 0 Å². The SMILES string of the molecule is CCOC(=O)[C@H](C)C(OCC)OCC. The Bertz CT molecular complexity index is 152. The molecule has 0 aliphatic heterocycles. The normalized spacial score (nSPS) is 12.9. The maximum Gasteiger partial charge on any atom is 0.313 e. The Hall–Kier alpha value is -0.610. The summed E-state index contributed by atoms with van der Waals surface area (Å²) < 4.78 is 15.5. The molecule has 0 heterocycles. The smallest absolute Gasteiger partial charge is 0.313 e. The predicted octanol–water partition coefficient (Wildman–Crippen LogP) is 1.58. The highest BCUT2D eigenvalue weighted by atomic mass is 16.7. The Labute approximate surface area is 85.5 Å². The van der Waals surface area contributed by atoms with Crippen molar-refractivity contribution in [3.63, 3.8) is 0 Å². The molecule has 4 heteroatoms. The van der Waals surface area contributed by atoms with Gasteiger partial charge in [-0.05, 0) is 27.7 Å². The first-order valence-electron chi connectivity index (χ1n) is 5.07. The average Bonchev–Trinajstić information content (AvgIpc) is 2.17. The first-order chi connectivity index (χ1) is 6.67. The van der Waals surface area contributed by atoms with Crippen LogP contribution in [0.25, 0.3) is 0 Å². The minimum absolute atomic E-state index is 0.278. The molecule has 0 bridgehead atoms. The minimum atomic E-state index is -0.496. The third-order valence-electron chi connectivity index (χ3n) is 1.73. The second-order valence-electron chi connectivity index (χ2n) is 2.82. The Balaban J connectivity index is 4.11. The number of rotatable bonds is 7. The molecule has 0 saturated heterocycles. The highest BCUT2D eigenvalue weighted by Gasteiger charge is 2.25. The van der Waals surface area contributed by atoms with Crippen LogP contribution in [0.3, 0.4) is 0 Å². The second-order valence-corrected chi connectivity index (χ2v) is 2.82. The first kappa shape index (κ1) is 13.4. The molecule has 0 spiro atoms. The van der Waals surface area contributed by atoms with Gasteiger partial charge in [-0.1, -0.05) is 0 Å². The maximum atomic E-state index is 11.4. The van der Waals surface area contributed by atoms with E-state index in [4.69, 9.17) is 14.2 Å². The van der Waals surface area contributed by atoms with Crippen LogP contribution < -0.4 is 0 Å². The van der Waals surface area contributed by atoms with Gasteiger partial charge in [0.25, 0.3) is 0 Å². The van der Waals surface area contributed by atoms with Gasteiger partial charge in [0.2, 0.25) is 0 Å². The number of ether oxygens (including phenoxy) is 3. The predicted molar refractivity (Wildman–Crippen MR) is 52.8 cm³/mol. The van der Waals surface area contributed by atoms with Gasteiger partial charge in [-0.15, -0.1) is 0 Å². The summed E-state index contributed by atoms with van der Waals surface area (Å²) in [5, 5.41) is 0. The van der Waals surface area contributed by atoms with Crippen LogP contribution in [0.15, 0.2) is 0 Å². The summed E-state index contributed by atoms with van der Waals surface area (Å²) in [6.45, 7) is 8.68. The molecule has 0 aliphatic rings. The van der Waals surface area contributed by atoms with Gasteiger partial charge in [-0.3, -0.25) is 4.79 Å². The van der Waals surface area contributed by atoms with E-state index in [9.17, 15) is 4.79 Å². The van der Waals surface area contributed by atoms with Crippen LogP contribution in [-0.2, 0) is 19.0 Å². The lowest BCUT2D eigenvalue weighted by Gasteiger charge is -2.21. The van der Waals surface area contributed by atoms with E-state index in [1.54, 1.807) is 13.8 Å². The van der Waals surface area contributed by atoms with Crippen LogP contribution in [0.1, 0.15) is 27.7 Å². The summed E-state index contributed by atoms with van der Waals surface area (Å²) in [5.74, 6) is -0.658. The van der Waals surface area contributed by atoms with Crippen LogP contribution in [0.2, 0.25) is 0 Å². The average molecular weight is 204 g/mol. The van der Waals surface area contributed by atoms with E-state index in [2.05, 4.69) is 0 Å². The Morgan fingerprint density at radius 3 is 1.93 bits per heavy atom. The van der Waals surface area contributed by atoms with Crippen molar-refractivity contribution < 1.29 is 19.0 Å². The molecule has 0 saturated carbocycles. The van der Waals surface area contributed by atoms with Gasteiger partial charge in [-0.2, -0.15) is 0 Å². The van der Waals surface area contributed by atoms with Gasteiger partial charge in [0, 0.05) is 13.2 Å². The van der Waals surface area contributed by atoms with Crippen molar-refractivity contribution in [3.05, 3.63) is 0 Å². The third kappa shape index (κ3) is 4.58. The summed E-state index contributed by atoms with van der Waals surface area (Å²) in [5.41, 5.74) is 0. The number of esters is 1. The van der Waals surface area contributed by atoms with Gasteiger partial charge in [0.15, 0.2) is 6.29 Å². The summed E-state index contributed by atoms with van der Waals surface area (Å²) in [6.07, 6.45) is -0.496. The fraction of sp³-hybridized carbons (Fsp3) is 0.900.